The van der Waals surface area contributed by atoms with Crippen molar-refractivity contribution >= 4 is 16.6 Å². The lowest BCUT2D eigenvalue weighted by Gasteiger charge is -2.29. The molecule has 0 saturated carbocycles. The van der Waals surface area contributed by atoms with Gasteiger partial charge in [-0.15, -0.1) is 0 Å². The summed E-state index contributed by atoms with van der Waals surface area (Å²) in [6.07, 6.45) is 3.99. The average molecular weight is 364 g/mol. The zero-order valence-corrected chi connectivity index (χ0v) is 15.5. The van der Waals surface area contributed by atoms with Crippen molar-refractivity contribution in [3.63, 3.8) is 0 Å². The number of nitrogens with two attached hydrogens (primary N) is 1. The van der Waals surface area contributed by atoms with Crippen LogP contribution in [0.2, 0.25) is 0 Å². The number of piperidine rings is 1. The molecule has 27 heavy (non-hydrogen) atoms. The van der Waals surface area contributed by atoms with Crippen LogP contribution < -0.4 is 16.0 Å². The van der Waals surface area contributed by atoms with Crippen LogP contribution >= 0.6 is 0 Å². The number of ether oxygens (including phenoxy) is 1. The maximum atomic E-state index is 13.0. The van der Waals surface area contributed by atoms with E-state index in [2.05, 4.69) is 16.9 Å². The second kappa shape index (κ2) is 7.40. The van der Waals surface area contributed by atoms with Crippen molar-refractivity contribution < 1.29 is 4.74 Å². The molecule has 1 aliphatic heterocycles. The highest BCUT2D eigenvalue weighted by Crippen LogP contribution is 2.24. The van der Waals surface area contributed by atoms with E-state index < -0.39 is 0 Å². The Morgan fingerprint density at radius 1 is 1.19 bits per heavy atom. The lowest BCUT2D eigenvalue weighted by molar-refractivity contribution is 0.193. The molecule has 140 valence electrons. The highest BCUT2D eigenvalue weighted by molar-refractivity contribution is 5.79. The van der Waals surface area contributed by atoms with Gasteiger partial charge in [0.2, 0.25) is 0 Å². The van der Waals surface area contributed by atoms with Crippen molar-refractivity contribution in [1.29, 1.82) is 0 Å². The van der Waals surface area contributed by atoms with Gasteiger partial charge in [-0.3, -0.25) is 9.36 Å². The molecule has 1 fully saturated rings. The van der Waals surface area contributed by atoms with Crippen LogP contribution in [0.5, 0.6) is 11.5 Å². The monoisotopic (exact) mass is 364 g/mol. The molecule has 1 saturated heterocycles. The maximum Gasteiger partial charge on any atom is 0.261 e. The highest BCUT2D eigenvalue weighted by atomic mass is 16.5. The fourth-order valence-corrected chi connectivity index (χ4v) is 3.70. The van der Waals surface area contributed by atoms with Crippen LogP contribution in [-0.2, 0) is 6.54 Å². The van der Waals surface area contributed by atoms with E-state index in [1.54, 1.807) is 41.2 Å². The molecule has 1 atom stereocenters. The smallest absolute Gasteiger partial charge is 0.261 e. The molecule has 0 aliphatic carbocycles. The summed E-state index contributed by atoms with van der Waals surface area (Å²) in [5, 5.41) is 0.578. The van der Waals surface area contributed by atoms with Crippen molar-refractivity contribution in [3.05, 3.63) is 59.1 Å². The largest absolute Gasteiger partial charge is 0.457 e. The number of aromatic nitrogens is 2. The summed E-state index contributed by atoms with van der Waals surface area (Å²) in [6, 6.07) is 12.6. The van der Waals surface area contributed by atoms with Crippen molar-refractivity contribution in [2.45, 2.75) is 19.4 Å². The molecule has 2 aromatic carbocycles. The molecule has 0 spiro atoms. The van der Waals surface area contributed by atoms with Gasteiger partial charge in [0.25, 0.3) is 5.56 Å². The molecule has 2 heterocycles. The second-order valence-electron chi connectivity index (χ2n) is 7.32. The van der Waals surface area contributed by atoms with Crippen LogP contribution in [0.1, 0.15) is 12.8 Å². The van der Waals surface area contributed by atoms with E-state index in [0.717, 1.165) is 19.5 Å². The first-order valence-electron chi connectivity index (χ1n) is 9.29. The first-order chi connectivity index (χ1) is 13.1. The Morgan fingerprint density at radius 2 is 1.96 bits per heavy atom. The summed E-state index contributed by atoms with van der Waals surface area (Å²) in [5.41, 5.74) is 7.05. The summed E-state index contributed by atoms with van der Waals surface area (Å²) in [4.78, 5) is 19.8. The van der Waals surface area contributed by atoms with Crippen molar-refractivity contribution in [1.82, 2.24) is 14.5 Å². The van der Waals surface area contributed by atoms with Gasteiger partial charge < -0.3 is 15.4 Å². The van der Waals surface area contributed by atoms with Crippen LogP contribution in [0.25, 0.3) is 10.9 Å². The second-order valence-corrected chi connectivity index (χ2v) is 7.32. The normalized spacial score (nSPS) is 17.9. The predicted octanol–water partition coefficient (Wildman–Crippen LogP) is 3.11. The number of benzene rings is 2. The van der Waals surface area contributed by atoms with Crippen LogP contribution in [-0.4, -0.2) is 34.6 Å². The number of nitrogen functional groups attached to an aromatic ring is 1. The van der Waals surface area contributed by atoms with Crippen molar-refractivity contribution in [2.24, 2.45) is 5.92 Å². The number of nitrogens with zero attached hydrogens (tertiary/aromatic N) is 3. The molecule has 0 radical (unpaired) electrons. The quantitative estimate of drug-likeness (QED) is 0.720. The van der Waals surface area contributed by atoms with E-state index in [9.17, 15) is 4.79 Å². The van der Waals surface area contributed by atoms with Crippen LogP contribution in [0.15, 0.2) is 53.6 Å². The fourth-order valence-electron chi connectivity index (χ4n) is 3.70. The summed E-state index contributed by atoms with van der Waals surface area (Å²) in [7, 11) is 2.13. The van der Waals surface area contributed by atoms with Gasteiger partial charge in [0, 0.05) is 18.8 Å². The first kappa shape index (κ1) is 17.5. The van der Waals surface area contributed by atoms with Crippen LogP contribution in [0.3, 0.4) is 0 Å². The number of hydrogen-bond donors (Lipinski definition) is 1. The summed E-state index contributed by atoms with van der Waals surface area (Å²) < 4.78 is 7.60. The molecule has 4 rings (SSSR count). The molecule has 6 nitrogen and oxygen atoms in total. The van der Waals surface area contributed by atoms with Gasteiger partial charge in [-0.05, 0) is 74.8 Å². The van der Waals surface area contributed by atoms with Gasteiger partial charge in [0.1, 0.15) is 11.5 Å². The third-order valence-electron chi connectivity index (χ3n) is 5.09. The third kappa shape index (κ3) is 3.95. The Balaban J connectivity index is 1.60. The zero-order valence-electron chi connectivity index (χ0n) is 15.5. The van der Waals surface area contributed by atoms with Crippen LogP contribution in [0.4, 0.5) is 5.69 Å². The number of rotatable bonds is 4. The molecule has 3 aromatic rings. The average Bonchev–Trinajstić information content (AvgIpc) is 2.66. The van der Waals surface area contributed by atoms with E-state index in [0.29, 0.717) is 40.6 Å². The molecule has 1 aliphatic rings. The zero-order chi connectivity index (χ0) is 18.8. The highest BCUT2D eigenvalue weighted by Gasteiger charge is 2.18. The maximum absolute atomic E-state index is 13.0. The minimum Gasteiger partial charge on any atom is -0.457 e. The Morgan fingerprint density at radius 3 is 2.74 bits per heavy atom. The Bertz CT molecular complexity index is 997. The van der Waals surface area contributed by atoms with E-state index in [-0.39, 0.29) is 5.56 Å². The SMILES string of the molecule is CN1CCCC(Cn2cnc3ccc(Oc4ccc(N)cc4)cc3c2=O)C1. The van der Waals surface area contributed by atoms with E-state index in [1.807, 2.05) is 12.1 Å². The minimum absolute atomic E-state index is 0.0176. The van der Waals surface area contributed by atoms with E-state index >= 15 is 0 Å². The molecule has 6 heteroatoms. The lowest BCUT2D eigenvalue weighted by atomic mass is 9.98. The van der Waals surface area contributed by atoms with Crippen molar-refractivity contribution in [3.8, 4) is 11.5 Å². The number of fused-ring (bicyclic) bond motifs is 1. The molecule has 1 unspecified atom stereocenters. The summed E-state index contributed by atoms with van der Waals surface area (Å²) in [6.45, 7) is 2.85. The lowest BCUT2D eigenvalue weighted by Crippen LogP contribution is -2.36. The molecule has 0 bridgehead atoms. The fraction of sp³-hybridized carbons (Fsp3) is 0.333. The Hall–Kier alpha value is -2.86. The Kier molecular flexibility index (Phi) is 4.81. The minimum atomic E-state index is -0.0176. The number of hydrogen-bond acceptors (Lipinski definition) is 5. The molecule has 0 amide bonds. The molecule has 1 aromatic heterocycles. The van der Waals surface area contributed by atoms with Crippen molar-refractivity contribution in [2.75, 3.05) is 25.9 Å². The number of anilines is 1. The molecular formula is C21H24N4O2. The summed E-state index contributed by atoms with van der Waals surface area (Å²) in [5.74, 6) is 1.77. The van der Waals surface area contributed by atoms with Gasteiger partial charge in [-0.1, -0.05) is 0 Å². The standard InChI is InChI=1S/C21H24N4O2/c1-24-10-2-3-15(12-24)13-25-14-23-20-9-8-18(11-19(20)21(25)26)27-17-6-4-16(22)5-7-17/h4-9,11,14-15H,2-3,10,12-13,22H2,1H3. The summed E-state index contributed by atoms with van der Waals surface area (Å²) >= 11 is 0. The van der Waals surface area contributed by atoms with Crippen LogP contribution in [0, 0.1) is 5.92 Å². The van der Waals surface area contributed by atoms with Gasteiger partial charge in [-0.2, -0.15) is 0 Å². The predicted molar refractivity (Wildman–Crippen MR) is 107 cm³/mol. The van der Waals surface area contributed by atoms with E-state index in [1.165, 1.54) is 6.42 Å². The van der Waals surface area contributed by atoms with Gasteiger partial charge in [-0.25, -0.2) is 4.98 Å². The van der Waals surface area contributed by atoms with Gasteiger partial charge in [0.05, 0.1) is 17.2 Å². The first-order valence-corrected chi connectivity index (χ1v) is 9.29. The Labute approximate surface area is 158 Å². The third-order valence-corrected chi connectivity index (χ3v) is 5.09. The molecule has 2 N–H and O–H groups in total. The molecular weight excluding hydrogens is 340 g/mol. The number of likely N-dealkylation sites (tertiary alicyclic amines) is 1. The van der Waals surface area contributed by atoms with Gasteiger partial charge >= 0.3 is 0 Å². The van der Waals surface area contributed by atoms with Gasteiger partial charge in [0.15, 0.2) is 0 Å². The topological polar surface area (TPSA) is 73.4 Å². The van der Waals surface area contributed by atoms with E-state index in [4.69, 9.17) is 10.5 Å².